The summed E-state index contributed by atoms with van der Waals surface area (Å²) in [6, 6.07) is 4.58. The summed E-state index contributed by atoms with van der Waals surface area (Å²) in [5.41, 5.74) is 6.76. The second-order valence-electron chi connectivity index (χ2n) is 3.87. The number of carbonyl (C=O) groups is 1. The van der Waals surface area contributed by atoms with Gasteiger partial charge in [-0.1, -0.05) is 34.8 Å². The zero-order valence-corrected chi connectivity index (χ0v) is 12.6. The van der Waals surface area contributed by atoms with Crippen molar-refractivity contribution in [1.82, 2.24) is 4.98 Å². The molecule has 1 aromatic heterocycles. The second-order valence-corrected chi connectivity index (χ2v) is 5.07. The molecule has 0 unspecified atom stereocenters. The lowest BCUT2D eigenvalue weighted by atomic mass is 10.1. The van der Waals surface area contributed by atoms with Crippen LogP contribution in [0.25, 0.3) is 11.3 Å². The summed E-state index contributed by atoms with van der Waals surface area (Å²) < 4.78 is 4.71. The molecule has 0 atom stereocenters. The second kappa shape index (κ2) is 5.87. The Labute approximate surface area is 130 Å². The van der Waals surface area contributed by atoms with Crippen LogP contribution < -0.4 is 5.73 Å². The van der Waals surface area contributed by atoms with Gasteiger partial charge in [0.15, 0.2) is 0 Å². The number of benzene rings is 1. The van der Waals surface area contributed by atoms with E-state index >= 15 is 0 Å². The number of pyridine rings is 1. The molecular formula is C13H9Cl3N2O2. The summed E-state index contributed by atoms with van der Waals surface area (Å²) in [7, 11) is 1.26. The molecule has 0 spiro atoms. The Morgan fingerprint density at radius 1 is 1.25 bits per heavy atom. The van der Waals surface area contributed by atoms with Crippen LogP contribution in [0, 0.1) is 0 Å². The standard InChI is InChI=1S/C13H9Cl3N2O2/c1-20-13(19)7-4-6(17)5-18-12(7)10-8(14)2-3-9(15)11(10)16/h2-5H,17H2,1H3. The number of aromatic nitrogens is 1. The van der Waals surface area contributed by atoms with Gasteiger partial charge in [-0.25, -0.2) is 4.79 Å². The highest BCUT2D eigenvalue weighted by molar-refractivity contribution is 6.46. The predicted octanol–water partition coefficient (Wildman–Crippen LogP) is 4.08. The van der Waals surface area contributed by atoms with Gasteiger partial charge in [0.05, 0.1) is 45.3 Å². The summed E-state index contributed by atoms with van der Waals surface area (Å²) in [6.07, 6.45) is 1.40. The lowest BCUT2D eigenvalue weighted by molar-refractivity contribution is 0.0601. The lowest BCUT2D eigenvalue weighted by Crippen LogP contribution is -2.07. The maximum atomic E-state index is 11.8. The zero-order valence-electron chi connectivity index (χ0n) is 10.3. The molecule has 0 radical (unpaired) electrons. The number of anilines is 1. The number of hydrogen-bond donors (Lipinski definition) is 1. The molecular weight excluding hydrogens is 323 g/mol. The van der Waals surface area contributed by atoms with E-state index in [1.807, 2.05) is 0 Å². The van der Waals surface area contributed by atoms with E-state index in [1.54, 1.807) is 12.1 Å². The minimum atomic E-state index is -0.591. The van der Waals surface area contributed by atoms with Gasteiger partial charge in [0, 0.05) is 5.56 Å². The molecule has 4 nitrogen and oxygen atoms in total. The van der Waals surface area contributed by atoms with Gasteiger partial charge >= 0.3 is 5.97 Å². The highest BCUT2D eigenvalue weighted by atomic mass is 35.5. The van der Waals surface area contributed by atoms with Gasteiger partial charge in [0.25, 0.3) is 0 Å². The van der Waals surface area contributed by atoms with Crippen LogP contribution >= 0.6 is 34.8 Å². The van der Waals surface area contributed by atoms with Gasteiger partial charge in [0.2, 0.25) is 0 Å². The number of nitrogen functional groups attached to an aromatic ring is 1. The summed E-state index contributed by atoms with van der Waals surface area (Å²) in [5.74, 6) is -0.591. The monoisotopic (exact) mass is 330 g/mol. The third kappa shape index (κ3) is 2.68. The average molecular weight is 332 g/mol. The molecule has 0 aliphatic carbocycles. The van der Waals surface area contributed by atoms with Crippen LogP contribution in [0.4, 0.5) is 5.69 Å². The van der Waals surface area contributed by atoms with Crippen molar-refractivity contribution in [3.05, 3.63) is 45.0 Å². The number of rotatable bonds is 2. The Balaban J connectivity index is 2.77. The molecule has 0 aliphatic heterocycles. The van der Waals surface area contributed by atoms with Crippen molar-refractivity contribution in [2.45, 2.75) is 0 Å². The molecule has 1 heterocycles. The smallest absolute Gasteiger partial charge is 0.340 e. The Kier molecular flexibility index (Phi) is 4.38. The van der Waals surface area contributed by atoms with Crippen molar-refractivity contribution in [1.29, 1.82) is 0 Å². The fourth-order valence-electron chi connectivity index (χ4n) is 1.69. The topological polar surface area (TPSA) is 65.2 Å². The summed E-state index contributed by atoms with van der Waals surface area (Å²) >= 11 is 18.3. The SMILES string of the molecule is COC(=O)c1cc(N)cnc1-c1c(Cl)ccc(Cl)c1Cl. The van der Waals surface area contributed by atoms with E-state index < -0.39 is 5.97 Å². The zero-order chi connectivity index (χ0) is 14.9. The Morgan fingerprint density at radius 2 is 1.90 bits per heavy atom. The predicted molar refractivity (Wildman–Crippen MR) is 80.5 cm³/mol. The van der Waals surface area contributed by atoms with E-state index in [0.29, 0.717) is 21.3 Å². The van der Waals surface area contributed by atoms with Gasteiger partial charge in [-0.3, -0.25) is 4.98 Å². The molecule has 2 rings (SSSR count). The normalized spacial score (nSPS) is 10.4. The van der Waals surface area contributed by atoms with E-state index in [4.69, 9.17) is 45.3 Å². The highest BCUT2D eigenvalue weighted by Crippen LogP contribution is 2.39. The van der Waals surface area contributed by atoms with Crippen LogP contribution in [-0.2, 0) is 4.74 Å². The minimum absolute atomic E-state index is 0.165. The molecule has 7 heteroatoms. The first kappa shape index (κ1) is 14.9. The number of ether oxygens (including phenoxy) is 1. The molecule has 0 bridgehead atoms. The maximum Gasteiger partial charge on any atom is 0.340 e. The first-order chi connectivity index (χ1) is 9.45. The number of nitrogens with two attached hydrogens (primary N) is 1. The van der Waals surface area contributed by atoms with Crippen LogP contribution in [0.15, 0.2) is 24.4 Å². The maximum absolute atomic E-state index is 11.8. The van der Waals surface area contributed by atoms with Crippen molar-refractivity contribution in [2.24, 2.45) is 0 Å². The quantitative estimate of drug-likeness (QED) is 0.665. The van der Waals surface area contributed by atoms with E-state index in [9.17, 15) is 4.79 Å². The van der Waals surface area contributed by atoms with Crippen molar-refractivity contribution >= 4 is 46.5 Å². The van der Waals surface area contributed by atoms with Gasteiger partial charge in [0.1, 0.15) is 0 Å². The third-order valence-corrected chi connectivity index (χ3v) is 3.71. The number of carbonyl (C=O) groups excluding carboxylic acids is 1. The van der Waals surface area contributed by atoms with Gasteiger partial charge in [-0.15, -0.1) is 0 Å². The number of methoxy groups -OCH3 is 1. The van der Waals surface area contributed by atoms with Crippen LogP contribution in [-0.4, -0.2) is 18.1 Å². The molecule has 0 saturated carbocycles. The molecule has 20 heavy (non-hydrogen) atoms. The minimum Gasteiger partial charge on any atom is -0.465 e. The third-order valence-electron chi connectivity index (χ3n) is 2.59. The summed E-state index contributed by atoms with van der Waals surface area (Å²) in [5, 5.41) is 0.837. The van der Waals surface area contributed by atoms with Crippen LogP contribution in [0.5, 0.6) is 0 Å². The number of hydrogen-bond acceptors (Lipinski definition) is 4. The van der Waals surface area contributed by atoms with Crippen molar-refractivity contribution in [2.75, 3.05) is 12.8 Å². The van der Waals surface area contributed by atoms with Crippen LogP contribution in [0.2, 0.25) is 15.1 Å². The molecule has 0 aliphatic rings. The fourth-order valence-corrected chi connectivity index (χ4v) is 2.40. The van der Waals surface area contributed by atoms with Gasteiger partial charge < -0.3 is 10.5 Å². The van der Waals surface area contributed by atoms with Gasteiger partial charge in [-0.2, -0.15) is 0 Å². The summed E-state index contributed by atoms with van der Waals surface area (Å²) in [6.45, 7) is 0. The Morgan fingerprint density at radius 3 is 2.55 bits per heavy atom. The molecule has 0 fully saturated rings. The molecule has 0 amide bonds. The first-order valence-electron chi connectivity index (χ1n) is 5.43. The first-order valence-corrected chi connectivity index (χ1v) is 6.56. The van der Waals surface area contributed by atoms with Crippen LogP contribution in [0.1, 0.15) is 10.4 Å². The number of nitrogens with zero attached hydrogens (tertiary/aromatic N) is 1. The number of halogens is 3. The molecule has 1 aromatic carbocycles. The molecule has 2 N–H and O–H groups in total. The van der Waals surface area contributed by atoms with E-state index in [1.165, 1.54) is 19.4 Å². The average Bonchev–Trinajstić information content (AvgIpc) is 2.44. The Bertz CT molecular complexity index is 690. The number of esters is 1. The largest absolute Gasteiger partial charge is 0.465 e. The van der Waals surface area contributed by atoms with Crippen molar-refractivity contribution in [3.63, 3.8) is 0 Å². The molecule has 2 aromatic rings. The summed E-state index contributed by atoms with van der Waals surface area (Å²) in [4.78, 5) is 16.0. The van der Waals surface area contributed by atoms with E-state index in [0.717, 1.165) is 0 Å². The molecule has 104 valence electrons. The van der Waals surface area contributed by atoms with Crippen molar-refractivity contribution in [3.8, 4) is 11.3 Å². The van der Waals surface area contributed by atoms with Crippen LogP contribution in [0.3, 0.4) is 0 Å². The Hall–Kier alpha value is -1.49. The lowest BCUT2D eigenvalue weighted by Gasteiger charge is -2.12. The highest BCUT2D eigenvalue weighted by Gasteiger charge is 2.21. The van der Waals surface area contributed by atoms with E-state index in [2.05, 4.69) is 4.98 Å². The van der Waals surface area contributed by atoms with Gasteiger partial charge in [-0.05, 0) is 18.2 Å². The van der Waals surface area contributed by atoms with Crippen molar-refractivity contribution < 1.29 is 9.53 Å². The van der Waals surface area contributed by atoms with E-state index in [-0.39, 0.29) is 16.3 Å². The fraction of sp³-hybridized carbons (Fsp3) is 0.0769. The molecule has 0 saturated heterocycles.